The minimum absolute atomic E-state index is 0. The Balaban J connectivity index is 0.00000625. The van der Waals surface area contributed by atoms with Crippen molar-refractivity contribution in [2.24, 2.45) is 16.8 Å². The van der Waals surface area contributed by atoms with Crippen molar-refractivity contribution in [2.75, 3.05) is 40.3 Å². The van der Waals surface area contributed by atoms with Gasteiger partial charge in [0, 0.05) is 27.2 Å². The number of nitrogens with one attached hydrogen (secondary N) is 1. The van der Waals surface area contributed by atoms with Crippen LogP contribution in [0.1, 0.15) is 39.5 Å². The molecule has 5 nitrogen and oxygen atoms in total. The van der Waals surface area contributed by atoms with E-state index in [9.17, 15) is 18.0 Å². The number of amides is 1. The molecule has 0 bridgehead atoms. The standard InChI is InChI=1S/C17H31F3N4O.HI/c1-5-21-16(22-10-15(25)24(4)12-17(18,19)20)23(3)11-14-8-6-13(2)7-9-14;/h13-14H,5-12H2,1-4H3,(H,21,22);1H. The number of carbonyl (C=O) groups excluding carboxylic acids is 1. The fourth-order valence-corrected chi connectivity index (χ4v) is 3.08. The number of hydrogen-bond acceptors (Lipinski definition) is 2. The van der Waals surface area contributed by atoms with E-state index in [1.54, 1.807) is 0 Å². The Morgan fingerprint density at radius 2 is 1.73 bits per heavy atom. The van der Waals surface area contributed by atoms with Crippen molar-refractivity contribution in [3.05, 3.63) is 0 Å². The second kappa shape index (κ2) is 11.9. The van der Waals surface area contributed by atoms with E-state index in [1.165, 1.54) is 25.7 Å². The number of nitrogens with zero attached hydrogens (tertiary/aromatic N) is 3. The molecule has 0 saturated heterocycles. The lowest BCUT2D eigenvalue weighted by Gasteiger charge is -2.31. The Labute approximate surface area is 171 Å². The molecule has 0 aromatic heterocycles. The van der Waals surface area contributed by atoms with Gasteiger partial charge in [-0.05, 0) is 31.6 Å². The van der Waals surface area contributed by atoms with Crippen molar-refractivity contribution in [1.29, 1.82) is 0 Å². The molecule has 0 radical (unpaired) electrons. The van der Waals surface area contributed by atoms with Gasteiger partial charge < -0.3 is 15.1 Å². The van der Waals surface area contributed by atoms with E-state index in [0.29, 0.717) is 23.3 Å². The molecule has 1 N–H and O–H groups in total. The molecule has 0 spiro atoms. The van der Waals surface area contributed by atoms with Gasteiger partial charge in [0.15, 0.2) is 5.96 Å². The predicted octanol–water partition coefficient (Wildman–Crippen LogP) is 3.35. The first kappa shape index (κ1) is 25.3. The van der Waals surface area contributed by atoms with Crippen LogP contribution in [-0.2, 0) is 4.79 Å². The molecule has 0 aromatic rings. The Morgan fingerprint density at radius 1 is 1.15 bits per heavy atom. The fourth-order valence-electron chi connectivity index (χ4n) is 3.08. The highest BCUT2D eigenvalue weighted by atomic mass is 127. The summed E-state index contributed by atoms with van der Waals surface area (Å²) in [6, 6.07) is 0. The van der Waals surface area contributed by atoms with Gasteiger partial charge in [-0.25, -0.2) is 4.99 Å². The number of likely N-dealkylation sites (N-methyl/N-ethyl adjacent to an activating group) is 1. The van der Waals surface area contributed by atoms with Crippen molar-refractivity contribution >= 4 is 35.8 Å². The minimum atomic E-state index is -4.40. The molecule has 0 aliphatic heterocycles. The van der Waals surface area contributed by atoms with Crippen molar-refractivity contribution in [3.8, 4) is 0 Å². The smallest absolute Gasteiger partial charge is 0.357 e. The summed E-state index contributed by atoms with van der Waals surface area (Å²) >= 11 is 0. The zero-order valence-corrected chi connectivity index (χ0v) is 18.4. The molecule has 0 heterocycles. The summed E-state index contributed by atoms with van der Waals surface area (Å²) in [7, 11) is 3.05. The molecule has 1 saturated carbocycles. The minimum Gasteiger partial charge on any atom is -0.357 e. The molecule has 1 aliphatic carbocycles. The van der Waals surface area contributed by atoms with Crippen molar-refractivity contribution in [1.82, 2.24) is 15.1 Å². The zero-order chi connectivity index (χ0) is 19.0. The van der Waals surface area contributed by atoms with Gasteiger partial charge in [0.25, 0.3) is 0 Å². The summed E-state index contributed by atoms with van der Waals surface area (Å²) in [5.74, 6) is 1.29. The van der Waals surface area contributed by atoms with Gasteiger partial charge in [-0.1, -0.05) is 19.8 Å². The van der Waals surface area contributed by atoms with Gasteiger partial charge in [0.1, 0.15) is 13.1 Å². The number of carbonyl (C=O) groups is 1. The monoisotopic (exact) mass is 492 g/mol. The Hall–Kier alpha value is -0.740. The third-order valence-corrected chi connectivity index (χ3v) is 4.57. The third-order valence-electron chi connectivity index (χ3n) is 4.57. The molecule has 0 aromatic carbocycles. The second-order valence-corrected chi connectivity index (χ2v) is 7.04. The highest BCUT2D eigenvalue weighted by Gasteiger charge is 2.31. The number of aliphatic imine (C=N–C) groups is 1. The lowest BCUT2D eigenvalue weighted by molar-refractivity contribution is -0.157. The molecule has 26 heavy (non-hydrogen) atoms. The number of rotatable bonds is 6. The van der Waals surface area contributed by atoms with Crippen LogP contribution < -0.4 is 5.32 Å². The average molecular weight is 492 g/mol. The maximum absolute atomic E-state index is 12.4. The molecule has 154 valence electrons. The quantitative estimate of drug-likeness (QED) is 0.352. The summed E-state index contributed by atoms with van der Waals surface area (Å²) < 4.78 is 37.1. The molecular weight excluding hydrogens is 460 g/mol. The first-order chi connectivity index (χ1) is 11.6. The zero-order valence-electron chi connectivity index (χ0n) is 16.1. The molecule has 0 atom stereocenters. The lowest BCUT2D eigenvalue weighted by atomic mass is 9.83. The van der Waals surface area contributed by atoms with Crippen LogP contribution >= 0.6 is 24.0 Å². The molecule has 1 rings (SSSR count). The number of halogens is 4. The van der Waals surface area contributed by atoms with Crippen LogP contribution in [0.25, 0.3) is 0 Å². The van der Waals surface area contributed by atoms with E-state index in [-0.39, 0.29) is 30.5 Å². The van der Waals surface area contributed by atoms with Gasteiger partial charge in [0.05, 0.1) is 0 Å². The van der Waals surface area contributed by atoms with Crippen LogP contribution in [0.3, 0.4) is 0 Å². The van der Waals surface area contributed by atoms with Gasteiger partial charge >= 0.3 is 6.18 Å². The number of hydrogen-bond donors (Lipinski definition) is 1. The van der Waals surface area contributed by atoms with Gasteiger partial charge in [-0.15, -0.1) is 24.0 Å². The molecular formula is C17H32F3IN4O. The van der Waals surface area contributed by atoms with Crippen LogP contribution in [-0.4, -0.2) is 68.1 Å². The largest absolute Gasteiger partial charge is 0.406 e. The Kier molecular flexibility index (Phi) is 11.5. The molecule has 1 aliphatic rings. The summed E-state index contributed by atoms with van der Waals surface area (Å²) in [6.07, 6.45) is 0.420. The molecule has 0 unspecified atom stereocenters. The van der Waals surface area contributed by atoms with E-state index in [1.807, 2.05) is 18.9 Å². The van der Waals surface area contributed by atoms with Crippen LogP contribution in [0, 0.1) is 11.8 Å². The van der Waals surface area contributed by atoms with Crippen LogP contribution in [0.4, 0.5) is 13.2 Å². The van der Waals surface area contributed by atoms with E-state index in [2.05, 4.69) is 17.2 Å². The predicted molar refractivity (Wildman–Crippen MR) is 109 cm³/mol. The van der Waals surface area contributed by atoms with Crippen molar-refractivity contribution in [2.45, 2.75) is 45.7 Å². The molecule has 1 fully saturated rings. The SMILES string of the molecule is CCNC(=NCC(=O)N(C)CC(F)(F)F)N(C)CC1CCC(C)CC1.I. The average Bonchev–Trinajstić information content (AvgIpc) is 2.51. The van der Waals surface area contributed by atoms with Crippen molar-refractivity contribution in [3.63, 3.8) is 0 Å². The van der Waals surface area contributed by atoms with E-state index in [4.69, 9.17) is 0 Å². The second-order valence-electron chi connectivity index (χ2n) is 7.04. The summed E-state index contributed by atoms with van der Waals surface area (Å²) in [4.78, 5) is 18.7. The first-order valence-corrected chi connectivity index (χ1v) is 8.92. The summed E-state index contributed by atoms with van der Waals surface area (Å²) in [6.45, 7) is 4.12. The topological polar surface area (TPSA) is 47.9 Å². The Bertz CT molecular complexity index is 452. The summed E-state index contributed by atoms with van der Waals surface area (Å²) in [5.41, 5.74) is 0. The van der Waals surface area contributed by atoms with Crippen LogP contribution in [0.15, 0.2) is 4.99 Å². The maximum atomic E-state index is 12.4. The highest BCUT2D eigenvalue weighted by Crippen LogP contribution is 2.28. The maximum Gasteiger partial charge on any atom is 0.406 e. The van der Waals surface area contributed by atoms with E-state index < -0.39 is 18.6 Å². The van der Waals surface area contributed by atoms with Crippen molar-refractivity contribution < 1.29 is 18.0 Å². The first-order valence-electron chi connectivity index (χ1n) is 8.92. The van der Waals surface area contributed by atoms with Crippen LogP contribution in [0.2, 0.25) is 0 Å². The van der Waals surface area contributed by atoms with E-state index >= 15 is 0 Å². The van der Waals surface area contributed by atoms with Gasteiger partial charge in [-0.2, -0.15) is 13.2 Å². The molecule has 9 heteroatoms. The Morgan fingerprint density at radius 3 is 2.23 bits per heavy atom. The normalized spacial score (nSPS) is 21.0. The number of alkyl halides is 3. The lowest BCUT2D eigenvalue weighted by Crippen LogP contribution is -2.43. The van der Waals surface area contributed by atoms with E-state index in [0.717, 1.165) is 19.5 Å². The fraction of sp³-hybridized carbons (Fsp3) is 0.882. The summed E-state index contributed by atoms with van der Waals surface area (Å²) in [5, 5.41) is 3.11. The van der Waals surface area contributed by atoms with Gasteiger partial charge in [-0.3, -0.25) is 4.79 Å². The number of guanidine groups is 1. The molecule has 1 amide bonds. The third kappa shape index (κ3) is 9.82. The van der Waals surface area contributed by atoms with Crippen LogP contribution in [0.5, 0.6) is 0 Å². The van der Waals surface area contributed by atoms with Gasteiger partial charge in [0.2, 0.25) is 5.91 Å². The highest BCUT2D eigenvalue weighted by molar-refractivity contribution is 14.0.